The standard InChI is InChI=1S/C27H33N5O6S/c1-14-15(2)17(4)24(18(5)16(14)3)39(37,38)32-22(26(34)35)13-23-30-21-10-9-19(12-20(21)25(33)31-23)8-7-11-29-27(36)28-6/h7-10,12,22,32H,11,13H2,1-6H3,(H,34,35)(H2,28,29,36)(H,30,31,33)/t22-/m0/s1. The van der Waals surface area contributed by atoms with Gasteiger partial charge in [-0.3, -0.25) is 9.59 Å². The molecule has 0 spiro atoms. The summed E-state index contributed by atoms with van der Waals surface area (Å²) in [7, 11) is -2.70. The van der Waals surface area contributed by atoms with Crippen LogP contribution in [0.4, 0.5) is 4.79 Å². The number of aliphatic carboxylic acids is 1. The van der Waals surface area contributed by atoms with Gasteiger partial charge in [-0.2, -0.15) is 4.72 Å². The highest BCUT2D eigenvalue weighted by Crippen LogP contribution is 2.29. The number of carboxylic acid groups (broad SMARTS) is 1. The number of hydrogen-bond donors (Lipinski definition) is 5. The third-order valence-electron chi connectivity index (χ3n) is 6.89. The van der Waals surface area contributed by atoms with Crippen LogP contribution >= 0.6 is 0 Å². The Morgan fingerprint density at radius 1 is 1.05 bits per heavy atom. The minimum absolute atomic E-state index is 0.0328. The van der Waals surface area contributed by atoms with Crippen molar-refractivity contribution in [3.63, 3.8) is 0 Å². The predicted molar refractivity (Wildman–Crippen MR) is 149 cm³/mol. The SMILES string of the molecule is CNC(=O)NCC=Cc1ccc2nc(C[C@H](NS(=O)(=O)c3c(C)c(C)c(C)c(C)c3C)C(=O)O)[nH]c(=O)c2c1. The fraction of sp³-hybridized carbons (Fsp3) is 0.333. The zero-order valence-electron chi connectivity index (χ0n) is 22.7. The Kier molecular flexibility index (Phi) is 8.92. The lowest BCUT2D eigenvalue weighted by molar-refractivity contribution is -0.139. The number of fused-ring (bicyclic) bond motifs is 1. The van der Waals surface area contributed by atoms with Crippen LogP contribution in [0.25, 0.3) is 17.0 Å². The summed E-state index contributed by atoms with van der Waals surface area (Å²) >= 11 is 0. The normalized spacial score (nSPS) is 12.6. The van der Waals surface area contributed by atoms with Crippen molar-refractivity contribution in [2.24, 2.45) is 0 Å². The fourth-order valence-corrected chi connectivity index (χ4v) is 6.12. The number of aromatic nitrogens is 2. The molecule has 2 aromatic carbocycles. The van der Waals surface area contributed by atoms with Crippen molar-refractivity contribution < 1.29 is 23.1 Å². The van der Waals surface area contributed by atoms with Crippen LogP contribution in [0.5, 0.6) is 0 Å². The molecule has 0 aliphatic carbocycles. The summed E-state index contributed by atoms with van der Waals surface area (Å²) < 4.78 is 29.0. The van der Waals surface area contributed by atoms with E-state index in [9.17, 15) is 27.9 Å². The highest BCUT2D eigenvalue weighted by Gasteiger charge is 2.30. The number of benzene rings is 2. The van der Waals surface area contributed by atoms with E-state index < -0.39 is 27.6 Å². The third-order valence-corrected chi connectivity index (χ3v) is 8.63. The van der Waals surface area contributed by atoms with Gasteiger partial charge in [-0.05, 0) is 80.1 Å². The molecule has 1 atom stereocenters. The largest absolute Gasteiger partial charge is 0.480 e. The number of sulfonamides is 1. The zero-order valence-corrected chi connectivity index (χ0v) is 23.5. The van der Waals surface area contributed by atoms with E-state index in [-0.39, 0.29) is 28.6 Å². The van der Waals surface area contributed by atoms with Crippen molar-refractivity contribution in [3.8, 4) is 0 Å². The van der Waals surface area contributed by atoms with Gasteiger partial charge >= 0.3 is 12.0 Å². The number of urea groups is 1. The molecule has 11 nitrogen and oxygen atoms in total. The molecule has 208 valence electrons. The Morgan fingerprint density at radius 3 is 2.26 bits per heavy atom. The summed E-state index contributed by atoms with van der Waals surface area (Å²) in [5.74, 6) is -1.37. The summed E-state index contributed by atoms with van der Waals surface area (Å²) in [5, 5.41) is 15.2. The number of hydrogen-bond acceptors (Lipinski definition) is 6. The molecule has 39 heavy (non-hydrogen) atoms. The Hall–Kier alpha value is -4.03. The molecule has 1 heterocycles. The lowest BCUT2D eigenvalue weighted by Gasteiger charge is -2.21. The average molecular weight is 556 g/mol. The van der Waals surface area contributed by atoms with E-state index in [4.69, 9.17) is 0 Å². The molecule has 0 aliphatic heterocycles. The van der Waals surface area contributed by atoms with E-state index in [1.165, 1.54) is 7.05 Å². The van der Waals surface area contributed by atoms with E-state index in [2.05, 4.69) is 25.3 Å². The Morgan fingerprint density at radius 2 is 1.67 bits per heavy atom. The zero-order chi connectivity index (χ0) is 29.1. The molecule has 3 aromatic rings. The van der Waals surface area contributed by atoms with Crippen LogP contribution in [0.3, 0.4) is 0 Å². The number of amides is 2. The van der Waals surface area contributed by atoms with Crippen LogP contribution in [0.2, 0.25) is 0 Å². The van der Waals surface area contributed by atoms with Crippen LogP contribution in [-0.2, 0) is 21.2 Å². The Bertz CT molecular complexity index is 1610. The maximum atomic E-state index is 13.4. The summed E-state index contributed by atoms with van der Waals surface area (Å²) in [6.45, 7) is 9.26. The van der Waals surface area contributed by atoms with Crippen LogP contribution in [-0.4, -0.2) is 55.1 Å². The van der Waals surface area contributed by atoms with E-state index in [1.807, 2.05) is 20.8 Å². The molecule has 0 saturated carbocycles. The van der Waals surface area contributed by atoms with Crippen molar-refractivity contribution in [1.29, 1.82) is 0 Å². The number of carbonyl (C=O) groups excluding carboxylic acids is 1. The van der Waals surface area contributed by atoms with Crippen molar-refractivity contribution in [1.82, 2.24) is 25.3 Å². The third kappa shape index (κ3) is 6.52. The molecule has 0 saturated heterocycles. The number of carboxylic acids is 1. The summed E-state index contributed by atoms with van der Waals surface area (Å²) in [5.41, 5.74) is 4.28. The average Bonchev–Trinajstić information content (AvgIpc) is 2.88. The smallest absolute Gasteiger partial charge is 0.322 e. The number of aromatic amines is 1. The van der Waals surface area contributed by atoms with Crippen molar-refractivity contribution in [3.05, 3.63) is 73.8 Å². The van der Waals surface area contributed by atoms with E-state index in [1.54, 1.807) is 44.2 Å². The second-order valence-corrected chi connectivity index (χ2v) is 11.0. The second kappa shape index (κ2) is 11.8. The van der Waals surface area contributed by atoms with Gasteiger partial charge in [0, 0.05) is 20.0 Å². The highest BCUT2D eigenvalue weighted by atomic mass is 32.2. The maximum absolute atomic E-state index is 13.4. The first-order chi connectivity index (χ1) is 18.3. The van der Waals surface area contributed by atoms with Gasteiger partial charge in [0.1, 0.15) is 11.9 Å². The molecule has 1 aromatic heterocycles. The van der Waals surface area contributed by atoms with Crippen LogP contribution in [0.15, 0.2) is 34.0 Å². The van der Waals surface area contributed by atoms with Gasteiger partial charge in [0.15, 0.2) is 0 Å². The number of rotatable bonds is 9. The molecular weight excluding hydrogens is 522 g/mol. The van der Waals surface area contributed by atoms with E-state index >= 15 is 0 Å². The molecular formula is C27H33N5O6S. The summed E-state index contributed by atoms with van der Waals surface area (Å²) in [4.78, 5) is 43.1. The number of H-pyrrole nitrogens is 1. The van der Waals surface area contributed by atoms with E-state index in [0.29, 0.717) is 28.8 Å². The molecule has 0 bridgehead atoms. The molecule has 0 unspecified atom stereocenters. The van der Waals surface area contributed by atoms with Gasteiger partial charge in [-0.25, -0.2) is 18.2 Å². The first-order valence-corrected chi connectivity index (χ1v) is 13.7. The predicted octanol–water partition coefficient (Wildman–Crippen LogP) is 2.38. The molecule has 0 fully saturated rings. The van der Waals surface area contributed by atoms with Gasteiger partial charge in [0.05, 0.1) is 15.8 Å². The number of nitrogens with zero attached hydrogens (tertiary/aromatic N) is 1. The van der Waals surface area contributed by atoms with Crippen LogP contribution in [0.1, 0.15) is 39.2 Å². The monoisotopic (exact) mass is 555 g/mol. The van der Waals surface area contributed by atoms with Gasteiger partial charge in [0.2, 0.25) is 10.0 Å². The first kappa shape index (κ1) is 29.5. The van der Waals surface area contributed by atoms with Gasteiger partial charge in [0.25, 0.3) is 5.56 Å². The second-order valence-electron chi connectivity index (χ2n) is 9.32. The maximum Gasteiger partial charge on any atom is 0.322 e. The minimum Gasteiger partial charge on any atom is -0.480 e. The quantitative estimate of drug-likeness (QED) is 0.270. The number of nitrogens with one attached hydrogen (secondary N) is 4. The Balaban J connectivity index is 1.88. The van der Waals surface area contributed by atoms with E-state index in [0.717, 1.165) is 16.7 Å². The highest BCUT2D eigenvalue weighted by molar-refractivity contribution is 7.89. The topological polar surface area (TPSA) is 170 Å². The fourth-order valence-electron chi connectivity index (χ4n) is 4.33. The minimum atomic E-state index is -4.21. The molecule has 0 radical (unpaired) electrons. The molecule has 3 rings (SSSR count). The van der Waals surface area contributed by atoms with Gasteiger partial charge < -0.3 is 20.7 Å². The molecule has 0 aliphatic rings. The van der Waals surface area contributed by atoms with Gasteiger partial charge in [-0.1, -0.05) is 18.2 Å². The van der Waals surface area contributed by atoms with Crippen LogP contribution < -0.4 is 20.9 Å². The summed E-state index contributed by atoms with van der Waals surface area (Å²) in [6, 6.07) is 3.07. The Labute approximate surface area is 226 Å². The summed E-state index contributed by atoms with van der Waals surface area (Å²) in [6.07, 6.45) is 3.08. The number of carbonyl (C=O) groups is 2. The lowest BCUT2D eigenvalue weighted by Crippen LogP contribution is -2.43. The first-order valence-electron chi connectivity index (χ1n) is 12.2. The molecule has 2 amide bonds. The van der Waals surface area contributed by atoms with Crippen LogP contribution in [0, 0.1) is 34.6 Å². The van der Waals surface area contributed by atoms with Crippen molar-refractivity contribution in [2.45, 2.75) is 52.0 Å². The van der Waals surface area contributed by atoms with Crippen molar-refractivity contribution >= 4 is 39.0 Å². The molecule has 12 heteroatoms. The van der Waals surface area contributed by atoms with Crippen molar-refractivity contribution in [2.75, 3.05) is 13.6 Å². The lowest BCUT2D eigenvalue weighted by atomic mass is 9.95. The van der Waals surface area contributed by atoms with Gasteiger partial charge in [-0.15, -0.1) is 0 Å². The molecule has 5 N–H and O–H groups in total.